The number of hydrogen-bond donors (Lipinski definition) is 1. The Morgan fingerprint density at radius 2 is 1.92 bits per heavy atom. The van der Waals surface area contributed by atoms with Crippen molar-refractivity contribution in [2.75, 3.05) is 5.32 Å². The summed E-state index contributed by atoms with van der Waals surface area (Å²) >= 11 is 0. The molecule has 1 amide bonds. The topological polar surface area (TPSA) is 51.1 Å². The molecule has 7 heteroatoms. The van der Waals surface area contributed by atoms with Gasteiger partial charge in [-0.25, -0.2) is 0 Å². The van der Waals surface area contributed by atoms with Crippen molar-refractivity contribution < 1.29 is 18.0 Å². The van der Waals surface area contributed by atoms with Gasteiger partial charge in [0.15, 0.2) is 0 Å². The van der Waals surface area contributed by atoms with Crippen LogP contribution in [0.3, 0.4) is 0 Å². The molecular formula is C19H21F3N2O2. The molecule has 2 aromatic rings. The van der Waals surface area contributed by atoms with Gasteiger partial charge in [0.25, 0.3) is 5.56 Å². The van der Waals surface area contributed by atoms with E-state index in [0.29, 0.717) is 5.56 Å². The Hall–Kier alpha value is -2.57. The van der Waals surface area contributed by atoms with Gasteiger partial charge in [-0.1, -0.05) is 26.0 Å². The van der Waals surface area contributed by atoms with Crippen molar-refractivity contribution in [1.82, 2.24) is 4.57 Å². The monoisotopic (exact) mass is 366 g/mol. The second-order valence-corrected chi connectivity index (χ2v) is 6.71. The summed E-state index contributed by atoms with van der Waals surface area (Å²) < 4.78 is 39.8. The lowest BCUT2D eigenvalue weighted by molar-refractivity contribution is -0.137. The first kappa shape index (κ1) is 19.8. The van der Waals surface area contributed by atoms with Crippen LogP contribution in [0.15, 0.2) is 41.3 Å². The first-order chi connectivity index (χ1) is 12.1. The maximum Gasteiger partial charge on any atom is 0.416 e. The molecule has 140 valence electrons. The van der Waals surface area contributed by atoms with E-state index in [2.05, 4.69) is 5.32 Å². The molecule has 26 heavy (non-hydrogen) atoms. The van der Waals surface area contributed by atoms with E-state index in [-0.39, 0.29) is 30.5 Å². The molecule has 0 spiro atoms. The van der Waals surface area contributed by atoms with E-state index in [1.165, 1.54) is 16.7 Å². The molecule has 1 aromatic heterocycles. The van der Waals surface area contributed by atoms with Crippen LogP contribution in [0.4, 0.5) is 18.9 Å². The highest BCUT2D eigenvalue weighted by Crippen LogP contribution is 2.29. The molecule has 0 bridgehead atoms. The molecule has 0 radical (unpaired) electrons. The Kier molecular flexibility index (Phi) is 5.90. The number of nitrogens with zero attached hydrogens (tertiary/aromatic N) is 1. The van der Waals surface area contributed by atoms with Crippen LogP contribution in [0.2, 0.25) is 0 Å². The van der Waals surface area contributed by atoms with Crippen molar-refractivity contribution in [1.29, 1.82) is 0 Å². The number of aromatic nitrogens is 1. The molecular weight excluding hydrogens is 345 g/mol. The number of amides is 1. The van der Waals surface area contributed by atoms with Gasteiger partial charge in [0, 0.05) is 12.6 Å². The highest BCUT2D eigenvalue weighted by molar-refractivity contribution is 5.90. The number of hydrogen-bond acceptors (Lipinski definition) is 2. The maximum atomic E-state index is 12.8. The highest BCUT2D eigenvalue weighted by atomic mass is 19.4. The Morgan fingerprint density at radius 3 is 2.54 bits per heavy atom. The summed E-state index contributed by atoms with van der Waals surface area (Å²) in [6.07, 6.45) is -2.61. The second kappa shape index (κ2) is 7.76. The minimum Gasteiger partial charge on any atom is -0.321 e. The lowest BCUT2D eigenvalue weighted by Gasteiger charge is -2.13. The zero-order valence-electron chi connectivity index (χ0n) is 14.9. The number of carbonyl (C=O) groups is 1. The summed E-state index contributed by atoms with van der Waals surface area (Å²) in [5, 5.41) is 2.59. The maximum absolute atomic E-state index is 12.8. The van der Waals surface area contributed by atoms with Crippen LogP contribution in [0.25, 0.3) is 0 Å². The predicted octanol–water partition coefficient (Wildman–Crippen LogP) is 4.21. The number of aryl methyl sites for hydroxylation is 1. The summed E-state index contributed by atoms with van der Waals surface area (Å²) in [5.41, 5.74) is -0.0164. The van der Waals surface area contributed by atoms with Gasteiger partial charge in [0.05, 0.1) is 12.1 Å². The zero-order chi connectivity index (χ0) is 19.5. The van der Waals surface area contributed by atoms with Crippen LogP contribution < -0.4 is 10.9 Å². The Labute approximate surface area is 149 Å². The minimum absolute atomic E-state index is 0.0164. The average molecular weight is 366 g/mol. The summed E-state index contributed by atoms with van der Waals surface area (Å²) in [7, 11) is 0. The van der Waals surface area contributed by atoms with Crippen molar-refractivity contribution in [3.05, 3.63) is 63.6 Å². The van der Waals surface area contributed by atoms with Gasteiger partial charge in [0.2, 0.25) is 5.91 Å². The van der Waals surface area contributed by atoms with Crippen molar-refractivity contribution in [2.45, 2.75) is 39.9 Å². The summed E-state index contributed by atoms with van der Waals surface area (Å²) in [6.45, 7) is 5.52. The molecule has 1 aromatic carbocycles. The predicted molar refractivity (Wildman–Crippen MR) is 94.1 cm³/mol. The number of nitrogens with one attached hydrogen (secondary N) is 1. The lowest BCUT2D eigenvalue weighted by Crippen LogP contribution is -2.27. The number of benzene rings is 1. The molecule has 0 saturated carbocycles. The molecule has 0 fully saturated rings. The average Bonchev–Trinajstić information content (AvgIpc) is 2.50. The van der Waals surface area contributed by atoms with Crippen LogP contribution in [0, 0.1) is 12.8 Å². The van der Waals surface area contributed by atoms with E-state index in [1.54, 1.807) is 19.2 Å². The Morgan fingerprint density at radius 1 is 1.23 bits per heavy atom. The smallest absolute Gasteiger partial charge is 0.321 e. The standard InChI is InChI=1S/C19H21F3N2O2/c1-12(2)7-17(25)23-16-8-13(3)10-24(18(16)26)11-14-5-4-6-15(9-14)19(20,21)22/h4-6,8-10,12H,7,11H2,1-3H3,(H,23,25). The Bertz CT molecular complexity index is 855. The van der Waals surface area contributed by atoms with Gasteiger partial charge in [-0.3, -0.25) is 9.59 Å². The van der Waals surface area contributed by atoms with Crippen LogP contribution in [-0.4, -0.2) is 10.5 Å². The van der Waals surface area contributed by atoms with Crippen molar-refractivity contribution in [3.8, 4) is 0 Å². The summed E-state index contributed by atoms with van der Waals surface area (Å²) in [4.78, 5) is 24.5. The van der Waals surface area contributed by atoms with Crippen molar-refractivity contribution >= 4 is 11.6 Å². The van der Waals surface area contributed by atoms with E-state index < -0.39 is 17.3 Å². The fourth-order valence-corrected chi connectivity index (χ4v) is 2.61. The summed E-state index contributed by atoms with van der Waals surface area (Å²) in [5.74, 6) is -0.125. The van der Waals surface area contributed by atoms with E-state index in [1.807, 2.05) is 13.8 Å². The van der Waals surface area contributed by atoms with E-state index in [9.17, 15) is 22.8 Å². The lowest BCUT2D eigenvalue weighted by atomic mass is 10.1. The molecule has 0 aliphatic carbocycles. The van der Waals surface area contributed by atoms with Crippen LogP contribution in [0.1, 0.15) is 37.0 Å². The third-order valence-corrected chi connectivity index (χ3v) is 3.70. The van der Waals surface area contributed by atoms with Gasteiger partial charge >= 0.3 is 6.18 Å². The van der Waals surface area contributed by atoms with Crippen molar-refractivity contribution in [2.24, 2.45) is 5.92 Å². The molecule has 0 aliphatic heterocycles. The molecule has 2 rings (SSSR count). The number of anilines is 1. The molecule has 0 saturated heterocycles. The van der Waals surface area contributed by atoms with Crippen LogP contribution in [-0.2, 0) is 17.5 Å². The quantitative estimate of drug-likeness (QED) is 0.862. The van der Waals surface area contributed by atoms with E-state index >= 15 is 0 Å². The van der Waals surface area contributed by atoms with E-state index in [4.69, 9.17) is 0 Å². The van der Waals surface area contributed by atoms with Gasteiger partial charge in [-0.15, -0.1) is 0 Å². The molecule has 1 heterocycles. The van der Waals surface area contributed by atoms with Gasteiger partial charge in [0.1, 0.15) is 5.69 Å². The number of halogens is 3. The van der Waals surface area contributed by atoms with Crippen LogP contribution >= 0.6 is 0 Å². The van der Waals surface area contributed by atoms with Crippen LogP contribution in [0.5, 0.6) is 0 Å². The molecule has 0 aliphatic rings. The van der Waals surface area contributed by atoms with Gasteiger partial charge in [-0.05, 0) is 42.2 Å². The molecule has 0 atom stereocenters. The molecule has 0 unspecified atom stereocenters. The number of rotatable bonds is 5. The highest BCUT2D eigenvalue weighted by Gasteiger charge is 2.30. The van der Waals surface area contributed by atoms with E-state index in [0.717, 1.165) is 17.7 Å². The van der Waals surface area contributed by atoms with Gasteiger partial charge < -0.3 is 9.88 Å². The molecule has 1 N–H and O–H groups in total. The normalized spacial score (nSPS) is 11.7. The minimum atomic E-state index is -4.44. The third kappa shape index (κ3) is 5.21. The van der Waals surface area contributed by atoms with Gasteiger partial charge in [-0.2, -0.15) is 13.2 Å². The zero-order valence-corrected chi connectivity index (χ0v) is 14.9. The third-order valence-electron chi connectivity index (χ3n) is 3.70. The fraction of sp³-hybridized carbons (Fsp3) is 0.368. The SMILES string of the molecule is Cc1cc(NC(=O)CC(C)C)c(=O)n(Cc2cccc(C(F)(F)F)c2)c1. The fourth-order valence-electron chi connectivity index (χ4n) is 2.61. The second-order valence-electron chi connectivity index (χ2n) is 6.71. The number of pyridine rings is 1. The number of alkyl halides is 3. The summed E-state index contributed by atoms with van der Waals surface area (Å²) in [6, 6.07) is 6.40. The molecule has 4 nitrogen and oxygen atoms in total. The largest absolute Gasteiger partial charge is 0.416 e. The van der Waals surface area contributed by atoms with Crippen molar-refractivity contribution in [3.63, 3.8) is 0 Å². The first-order valence-corrected chi connectivity index (χ1v) is 8.23. The Balaban J connectivity index is 2.31. The number of carbonyl (C=O) groups excluding carboxylic acids is 1. The first-order valence-electron chi connectivity index (χ1n) is 8.23.